The number of hydrogen-bond acceptors (Lipinski definition) is 2. The highest BCUT2D eigenvalue weighted by molar-refractivity contribution is 9.09. The third-order valence-corrected chi connectivity index (χ3v) is 1.56. The van der Waals surface area contributed by atoms with Crippen molar-refractivity contribution in [2.24, 2.45) is 0 Å². The predicted octanol–water partition coefficient (Wildman–Crippen LogP) is 1.85. The average Bonchev–Trinajstić information content (AvgIpc) is 1.84. The lowest BCUT2D eigenvalue weighted by Gasteiger charge is -2.15. The second kappa shape index (κ2) is 5.77. The van der Waals surface area contributed by atoms with E-state index in [1.54, 1.807) is 11.9 Å². The van der Waals surface area contributed by atoms with Gasteiger partial charge < -0.3 is 4.90 Å². The van der Waals surface area contributed by atoms with Crippen LogP contribution in [0.5, 0.6) is 0 Å². The highest BCUT2D eigenvalue weighted by atomic mass is 79.9. The fraction of sp³-hybridized carbons (Fsp3) is 1.00. The van der Waals surface area contributed by atoms with E-state index in [1.165, 1.54) is 0 Å². The zero-order chi connectivity index (χ0) is 9.61. The molecule has 0 radical (unpaired) electrons. The van der Waals surface area contributed by atoms with Gasteiger partial charge in [0, 0.05) is 18.4 Å². The molecule has 0 aliphatic rings. The summed E-state index contributed by atoms with van der Waals surface area (Å²) in [7, 11) is 1.74. The zero-order valence-electron chi connectivity index (χ0n) is 6.70. The number of ether oxygens (including phenoxy) is 1. The summed E-state index contributed by atoms with van der Waals surface area (Å²) >= 11 is 3.18. The minimum absolute atomic E-state index is 0.283. The lowest BCUT2D eigenvalue weighted by molar-refractivity contribution is -0.324. The second-order valence-electron chi connectivity index (χ2n) is 2.29. The number of nitrogens with zero attached hydrogens (tertiary/aromatic N) is 1. The van der Waals surface area contributed by atoms with Crippen molar-refractivity contribution in [1.82, 2.24) is 4.90 Å². The number of alkyl halides is 4. The molecule has 0 unspecified atom stereocenters. The first kappa shape index (κ1) is 12.2. The van der Waals surface area contributed by atoms with E-state index in [-0.39, 0.29) is 13.2 Å². The first-order valence-electron chi connectivity index (χ1n) is 3.41. The van der Waals surface area contributed by atoms with Crippen LogP contribution in [0.1, 0.15) is 0 Å². The van der Waals surface area contributed by atoms with E-state index < -0.39 is 6.36 Å². The summed E-state index contributed by atoms with van der Waals surface area (Å²) in [5.74, 6) is 0. The molecule has 0 aromatic carbocycles. The summed E-state index contributed by atoms with van der Waals surface area (Å²) in [5, 5.41) is 0.746. The highest BCUT2D eigenvalue weighted by Crippen LogP contribution is 2.15. The van der Waals surface area contributed by atoms with Crippen LogP contribution in [-0.4, -0.2) is 43.3 Å². The van der Waals surface area contributed by atoms with Crippen molar-refractivity contribution in [2.75, 3.05) is 32.1 Å². The Bertz CT molecular complexity index is 120. The van der Waals surface area contributed by atoms with Crippen molar-refractivity contribution in [1.29, 1.82) is 0 Å². The lowest BCUT2D eigenvalue weighted by atomic mass is 10.5. The molecule has 2 nitrogen and oxygen atoms in total. The zero-order valence-corrected chi connectivity index (χ0v) is 8.28. The van der Waals surface area contributed by atoms with Gasteiger partial charge in [-0.25, -0.2) is 0 Å². The maximum atomic E-state index is 11.4. The Morgan fingerprint density at radius 2 is 1.92 bits per heavy atom. The molecule has 0 aliphatic heterocycles. The van der Waals surface area contributed by atoms with Gasteiger partial charge in [-0.3, -0.25) is 4.74 Å². The Kier molecular flexibility index (Phi) is 5.86. The average molecular weight is 250 g/mol. The Morgan fingerprint density at radius 1 is 1.33 bits per heavy atom. The second-order valence-corrected chi connectivity index (χ2v) is 3.08. The van der Waals surface area contributed by atoms with Crippen LogP contribution in [0.25, 0.3) is 0 Å². The molecule has 0 heterocycles. The number of likely N-dealkylation sites (N-methyl/N-ethyl adjacent to an activating group) is 1. The van der Waals surface area contributed by atoms with Gasteiger partial charge in [-0.2, -0.15) is 0 Å². The van der Waals surface area contributed by atoms with Gasteiger partial charge in [0.1, 0.15) is 0 Å². The predicted molar refractivity (Wildman–Crippen MR) is 43.3 cm³/mol. The molecule has 0 N–H and O–H groups in total. The first-order chi connectivity index (χ1) is 5.45. The third-order valence-electron chi connectivity index (χ3n) is 1.20. The summed E-state index contributed by atoms with van der Waals surface area (Å²) in [6, 6.07) is 0. The molecule has 0 aromatic heterocycles. The smallest absolute Gasteiger partial charge is 0.303 e. The molecular formula is C6H11BrF3NO. The van der Waals surface area contributed by atoms with E-state index in [2.05, 4.69) is 20.7 Å². The summed E-state index contributed by atoms with van der Waals surface area (Å²) in [6.07, 6.45) is -4.50. The van der Waals surface area contributed by atoms with Crippen molar-refractivity contribution < 1.29 is 17.9 Å². The molecule has 12 heavy (non-hydrogen) atoms. The Balaban J connectivity index is 3.31. The van der Waals surface area contributed by atoms with Gasteiger partial charge in [-0.1, -0.05) is 15.9 Å². The first-order valence-corrected chi connectivity index (χ1v) is 4.53. The molecule has 0 fully saturated rings. The van der Waals surface area contributed by atoms with Crippen LogP contribution in [0.4, 0.5) is 13.2 Å². The van der Waals surface area contributed by atoms with Crippen LogP contribution in [0.3, 0.4) is 0 Å². The third kappa shape index (κ3) is 8.29. The molecule has 0 aliphatic carbocycles. The van der Waals surface area contributed by atoms with Gasteiger partial charge in [0.15, 0.2) is 0 Å². The summed E-state index contributed by atoms with van der Waals surface area (Å²) in [5.41, 5.74) is 0. The molecule has 0 atom stereocenters. The standard InChI is InChI=1S/C6H11BrF3NO/c1-11(3-2-7)4-5-12-6(8,9)10/h2-5H2,1H3. The van der Waals surface area contributed by atoms with Crippen LogP contribution in [0, 0.1) is 0 Å². The van der Waals surface area contributed by atoms with E-state index >= 15 is 0 Å². The Hall–Kier alpha value is 0.190. The van der Waals surface area contributed by atoms with Gasteiger partial charge in [0.05, 0.1) is 6.61 Å². The van der Waals surface area contributed by atoms with Gasteiger partial charge in [-0.15, -0.1) is 13.2 Å². The quantitative estimate of drug-likeness (QED) is 0.690. The molecule has 0 spiro atoms. The van der Waals surface area contributed by atoms with E-state index in [9.17, 15) is 13.2 Å². The Morgan fingerprint density at radius 3 is 2.33 bits per heavy atom. The van der Waals surface area contributed by atoms with Crippen LogP contribution < -0.4 is 0 Å². The molecule has 0 rings (SSSR count). The molecule has 0 aromatic rings. The summed E-state index contributed by atoms with van der Waals surface area (Å²) in [4.78, 5) is 1.75. The number of halogens is 4. The van der Waals surface area contributed by atoms with Crippen LogP contribution in [0.15, 0.2) is 0 Å². The highest BCUT2D eigenvalue weighted by Gasteiger charge is 2.28. The molecule has 0 bridgehead atoms. The lowest BCUT2D eigenvalue weighted by Crippen LogP contribution is -2.27. The van der Waals surface area contributed by atoms with Crippen LogP contribution in [0.2, 0.25) is 0 Å². The molecule has 6 heteroatoms. The van der Waals surface area contributed by atoms with Crippen molar-refractivity contribution in [3.05, 3.63) is 0 Å². The van der Waals surface area contributed by atoms with E-state index in [1.807, 2.05) is 0 Å². The van der Waals surface area contributed by atoms with Gasteiger partial charge in [0.2, 0.25) is 0 Å². The minimum Gasteiger partial charge on any atom is -0.303 e. The topological polar surface area (TPSA) is 12.5 Å². The van der Waals surface area contributed by atoms with Gasteiger partial charge in [-0.05, 0) is 7.05 Å². The number of rotatable bonds is 5. The van der Waals surface area contributed by atoms with E-state index in [0.29, 0.717) is 6.54 Å². The van der Waals surface area contributed by atoms with Crippen molar-refractivity contribution in [2.45, 2.75) is 6.36 Å². The maximum absolute atomic E-state index is 11.4. The van der Waals surface area contributed by atoms with Crippen LogP contribution >= 0.6 is 15.9 Å². The fourth-order valence-electron chi connectivity index (χ4n) is 0.573. The molecular weight excluding hydrogens is 239 g/mol. The SMILES string of the molecule is CN(CCBr)CCOC(F)(F)F. The largest absolute Gasteiger partial charge is 0.522 e. The molecule has 0 saturated carbocycles. The molecule has 0 amide bonds. The summed E-state index contributed by atoms with van der Waals surface area (Å²) < 4.78 is 37.9. The van der Waals surface area contributed by atoms with E-state index in [4.69, 9.17) is 0 Å². The summed E-state index contributed by atoms with van der Waals surface area (Å²) in [6.45, 7) is 0.680. The van der Waals surface area contributed by atoms with Gasteiger partial charge in [0.25, 0.3) is 0 Å². The normalized spacial score (nSPS) is 12.5. The van der Waals surface area contributed by atoms with Crippen molar-refractivity contribution in [3.63, 3.8) is 0 Å². The van der Waals surface area contributed by atoms with Gasteiger partial charge >= 0.3 is 6.36 Å². The van der Waals surface area contributed by atoms with Crippen molar-refractivity contribution in [3.8, 4) is 0 Å². The van der Waals surface area contributed by atoms with Crippen molar-refractivity contribution >= 4 is 15.9 Å². The monoisotopic (exact) mass is 249 g/mol. The minimum atomic E-state index is -4.50. The molecule has 0 saturated heterocycles. The van der Waals surface area contributed by atoms with E-state index in [0.717, 1.165) is 5.33 Å². The molecule has 74 valence electrons. The fourth-order valence-corrected chi connectivity index (χ4v) is 1.18. The maximum Gasteiger partial charge on any atom is 0.522 e. The number of hydrogen-bond donors (Lipinski definition) is 0. The van der Waals surface area contributed by atoms with Crippen LogP contribution in [-0.2, 0) is 4.74 Å². The Labute approximate surface area is 77.8 Å².